The van der Waals surface area contributed by atoms with E-state index < -0.39 is 11.6 Å². The topological polar surface area (TPSA) is 118 Å². The van der Waals surface area contributed by atoms with Gasteiger partial charge in [0.25, 0.3) is 0 Å². The number of fused-ring (bicyclic) bond motifs is 3. The Morgan fingerprint density at radius 3 is 2.55 bits per heavy atom. The summed E-state index contributed by atoms with van der Waals surface area (Å²) in [5, 5.41) is 3.99. The number of para-hydroxylation sites is 1. The molecule has 1 aliphatic carbocycles. The molecule has 2 aliphatic rings. The van der Waals surface area contributed by atoms with Crippen molar-refractivity contribution in [1.29, 1.82) is 0 Å². The van der Waals surface area contributed by atoms with Crippen LogP contribution in [0.4, 0.5) is 0 Å². The quantitative estimate of drug-likeness (QED) is 0.372. The van der Waals surface area contributed by atoms with Crippen LogP contribution in [0, 0.1) is 0 Å². The van der Waals surface area contributed by atoms with Crippen molar-refractivity contribution in [2.45, 2.75) is 75.8 Å². The molecule has 2 heterocycles. The summed E-state index contributed by atoms with van der Waals surface area (Å²) < 4.78 is 5.26. The van der Waals surface area contributed by atoms with Crippen LogP contribution >= 0.6 is 0 Å². The van der Waals surface area contributed by atoms with Crippen LogP contribution in [0.3, 0.4) is 0 Å². The Morgan fingerprint density at radius 2 is 1.82 bits per heavy atom. The lowest BCUT2D eigenvalue weighted by atomic mass is 9.73. The number of H-pyrrole nitrogens is 1. The predicted molar refractivity (Wildman–Crippen MR) is 155 cm³/mol. The smallest absolute Gasteiger partial charge is 0.306 e. The summed E-state index contributed by atoms with van der Waals surface area (Å²) in [6.45, 7) is 6.68. The lowest BCUT2D eigenvalue weighted by Crippen LogP contribution is -2.58. The molecule has 2 amide bonds. The summed E-state index contributed by atoms with van der Waals surface area (Å²) in [5.74, 6) is -0.485. The van der Waals surface area contributed by atoms with Gasteiger partial charge in [-0.3, -0.25) is 14.4 Å². The van der Waals surface area contributed by atoms with E-state index in [0.717, 1.165) is 35.7 Å². The van der Waals surface area contributed by atoms with E-state index in [4.69, 9.17) is 10.5 Å². The van der Waals surface area contributed by atoms with Gasteiger partial charge in [0.05, 0.1) is 18.6 Å². The van der Waals surface area contributed by atoms with Gasteiger partial charge in [-0.15, -0.1) is 0 Å². The highest BCUT2D eigenvalue weighted by Gasteiger charge is 2.47. The van der Waals surface area contributed by atoms with Gasteiger partial charge in [-0.2, -0.15) is 0 Å². The molecule has 4 N–H and O–H groups in total. The largest absolute Gasteiger partial charge is 0.466 e. The summed E-state index contributed by atoms with van der Waals surface area (Å²) in [5.41, 5.74) is 9.40. The molecule has 1 unspecified atom stereocenters. The minimum Gasteiger partial charge on any atom is -0.466 e. The van der Waals surface area contributed by atoms with Crippen LogP contribution in [0.5, 0.6) is 0 Å². The Labute approximate surface area is 235 Å². The average molecular weight is 545 g/mol. The van der Waals surface area contributed by atoms with Gasteiger partial charge >= 0.3 is 5.97 Å². The second kappa shape index (κ2) is 11.1. The Balaban J connectivity index is 1.33. The number of hydrogen-bond acceptors (Lipinski definition) is 5. The molecule has 5 rings (SSSR count). The standard InChI is InChI=1S/C32H40N4O4/c1-4-40-28(37)18-21-19-32(25-11-7-5-9-23(21)25)13-15-36(16-14-32)29(38)27(35-30(39)31(2,3)33)17-22-20-34-26-12-8-6-10-24(22)26/h5-12,20-21,27,34H,4,13-19,33H2,1-3H3,(H,35,39)/t21?,27-/m1/s1. The highest BCUT2D eigenvalue weighted by molar-refractivity contribution is 5.92. The maximum absolute atomic E-state index is 14.0. The van der Waals surface area contributed by atoms with E-state index in [1.807, 2.05) is 48.4 Å². The molecular formula is C32H40N4O4. The van der Waals surface area contributed by atoms with Crippen LogP contribution in [-0.4, -0.2) is 58.9 Å². The van der Waals surface area contributed by atoms with Gasteiger partial charge < -0.3 is 25.7 Å². The molecule has 3 aromatic rings. The minimum absolute atomic E-state index is 0.0701. The summed E-state index contributed by atoms with van der Waals surface area (Å²) in [4.78, 5) is 44.4. The highest BCUT2D eigenvalue weighted by Crippen LogP contribution is 2.52. The molecule has 40 heavy (non-hydrogen) atoms. The average Bonchev–Trinajstić information content (AvgIpc) is 3.47. The van der Waals surface area contributed by atoms with E-state index >= 15 is 0 Å². The number of esters is 1. The second-order valence-corrected chi connectivity index (χ2v) is 11.9. The summed E-state index contributed by atoms with van der Waals surface area (Å²) in [6.07, 6.45) is 5.16. The Bertz CT molecular complexity index is 1400. The Morgan fingerprint density at radius 1 is 1.12 bits per heavy atom. The van der Waals surface area contributed by atoms with Crippen LogP contribution < -0.4 is 11.1 Å². The monoisotopic (exact) mass is 544 g/mol. The third-order valence-electron chi connectivity index (χ3n) is 8.65. The SMILES string of the molecule is CCOC(=O)CC1CC2(CCN(C(=O)[C@@H](Cc3c[nH]c4ccccc34)NC(=O)C(C)(C)N)CC2)c2ccccc21. The summed E-state index contributed by atoms with van der Waals surface area (Å²) >= 11 is 0. The molecule has 2 atom stereocenters. The van der Waals surface area contributed by atoms with Gasteiger partial charge in [-0.05, 0) is 74.1 Å². The molecule has 8 nitrogen and oxygen atoms in total. The van der Waals surface area contributed by atoms with E-state index in [2.05, 4.69) is 28.5 Å². The maximum atomic E-state index is 14.0. The van der Waals surface area contributed by atoms with Crippen molar-refractivity contribution in [2.75, 3.05) is 19.7 Å². The molecule has 1 saturated heterocycles. The Hall–Kier alpha value is -3.65. The number of likely N-dealkylation sites (tertiary alicyclic amines) is 1. The number of carbonyl (C=O) groups is 3. The fourth-order valence-corrected chi connectivity index (χ4v) is 6.54. The molecule has 0 saturated carbocycles. The first kappa shape index (κ1) is 27.9. The summed E-state index contributed by atoms with van der Waals surface area (Å²) in [6, 6.07) is 15.6. The second-order valence-electron chi connectivity index (χ2n) is 11.9. The van der Waals surface area contributed by atoms with E-state index in [1.165, 1.54) is 11.1 Å². The third-order valence-corrected chi connectivity index (χ3v) is 8.65. The molecule has 0 bridgehead atoms. The zero-order valence-electron chi connectivity index (χ0n) is 23.7. The molecule has 1 aromatic heterocycles. The number of piperidine rings is 1. The zero-order valence-corrected chi connectivity index (χ0v) is 23.7. The lowest BCUT2D eigenvalue weighted by molar-refractivity contribution is -0.143. The number of amides is 2. The van der Waals surface area contributed by atoms with Crippen LogP contribution in [0.1, 0.15) is 69.1 Å². The maximum Gasteiger partial charge on any atom is 0.306 e. The van der Waals surface area contributed by atoms with Crippen LogP contribution in [0.15, 0.2) is 54.7 Å². The number of carbonyl (C=O) groups excluding carboxylic acids is 3. The molecule has 2 aromatic carbocycles. The van der Waals surface area contributed by atoms with E-state index in [9.17, 15) is 14.4 Å². The fraction of sp³-hybridized carbons (Fsp3) is 0.469. The number of nitrogens with two attached hydrogens (primary N) is 1. The number of rotatable bonds is 8. The van der Waals surface area contributed by atoms with Gasteiger partial charge in [-0.25, -0.2) is 0 Å². The molecule has 1 spiro atoms. The number of aromatic amines is 1. The van der Waals surface area contributed by atoms with Crippen LogP contribution in [0.2, 0.25) is 0 Å². The Kier molecular flexibility index (Phi) is 7.73. The van der Waals surface area contributed by atoms with Crippen LogP contribution in [0.25, 0.3) is 10.9 Å². The molecule has 1 aliphatic heterocycles. The normalized spacial score (nSPS) is 18.9. The lowest BCUT2D eigenvalue weighted by Gasteiger charge is -2.41. The number of nitrogens with zero attached hydrogens (tertiary/aromatic N) is 1. The molecule has 8 heteroatoms. The van der Waals surface area contributed by atoms with Gasteiger partial charge in [0, 0.05) is 36.6 Å². The van der Waals surface area contributed by atoms with Gasteiger partial charge in [0.15, 0.2) is 0 Å². The first-order chi connectivity index (χ1) is 19.1. The molecule has 1 fully saturated rings. The van der Waals surface area contributed by atoms with Crippen molar-refractivity contribution in [3.8, 4) is 0 Å². The van der Waals surface area contributed by atoms with Crippen LogP contribution in [-0.2, 0) is 31.0 Å². The van der Waals surface area contributed by atoms with E-state index in [1.54, 1.807) is 13.8 Å². The van der Waals surface area contributed by atoms with Crippen molar-refractivity contribution < 1.29 is 19.1 Å². The summed E-state index contributed by atoms with van der Waals surface area (Å²) in [7, 11) is 0. The van der Waals surface area contributed by atoms with E-state index in [0.29, 0.717) is 32.5 Å². The third kappa shape index (κ3) is 5.50. The van der Waals surface area contributed by atoms with Gasteiger partial charge in [-0.1, -0.05) is 42.5 Å². The molecular weight excluding hydrogens is 504 g/mol. The van der Waals surface area contributed by atoms with Crippen molar-refractivity contribution in [1.82, 2.24) is 15.2 Å². The molecule has 212 valence electrons. The molecule has 0 radical (unpaired) electrons. The van der Waals surface area contributed by atoms with Crippen molar-refractivity contribution in [3.63, 3.8) is 0 Å². The van der Waals surface area contributed by atoms with E-state index in [-0.39, 0.29) is 29.1 Å². The van der Waals surface area contributed by atoms with Gasteiger partial charge in [0.2, 0.25) is 11.8 Å². The van der Waals surface area contributed by atoms with Crippen molar-refractivity contribution in [2.24, 2.45) is 5.73 Å². The first-order valence-electron chi connectivity index (χ1n) is 14.3. The number of nitrogens with one attached hydrogen (secondary N) is 2. The van der Waals surface area contributed by atoms with Crippen molar-refractivity contribution >= 4 is 28.7 Å². The van der Waals surface area contributed by atoms with Crippen molar-refractivity contribution in [3.05, 3.63) is 71.4 Å². The predicted octanol–water partition coefficient (Wildman–Crippen LogP) is 3.93. The number of hydrogen-bond donors (Lipinski definition) is 3. The van der Waals surface area contributed by atoms with Gasteiger partial charge in [0.1, 0.15) is 6.04 Å². The highest BCUT2D eigenvalue weighted by atomic mass is 16.5. The number of benzene rings is 2. The fourth-order valence-electron chi connectivity index (χ4n) is 6.54. The first-order valence-corrected chi connectivity index (χ1v) is 14.3. The number of ether oxygens (including phenoxy) is 1. The number of aromatic nitrogens is 1. The minimum atomic E-state index is -1.10. The zero-order chi connectivity index (χ0) is 28.5.